The first-order valence-corrected chi connectivity index (χ1v) is 9.96. The number of carboxylic acid groups (broad SMARTS) is 1. The van der Waals surface area contributed by atoms with E-state index >= 15 is 0 Å². The highest BCUT2D eigenvalue weighted by Gasteiger charge is 2.44. The lowest BCUT2D eigenvalue weighted by atomic mass is 10.0. The third-order valence-corrected chi connectivity index (χ3v) is 5.74. The standard InChI is InChI=1S/C22H18F4N2O5/c23-21(24)33-12-8-17(20(31)32)28(10-12)18(29)9-27-19(30)11-5-6-16-14(7-11)13-3-1-2-4-15(13)22(16,25)26/h1-7,12,17,21H,8-10H2,(H,27,30)(H,31,32)/t12-,17+/m1/s1. The molecule has 33 heavy (non-hydrogen) atoms. The summed E-state index contributed by atoms with van der Waals surface area (Å²) in [5.74, 6) is -6.11. The summed E-state index contributed by atoms with van der Waals surface area (Å²) in [7, 11) is 0. The smallest absolute Gasteiger partial charge is 0.345 e. The zero-order valence-electron chi connectivity index (χ0n) is 16.9. The summed E-state index contributed by atoms with van der Waals surface area (Å²) in [6.07, 6.45) is -1.46. The lowest BCUT2D eigenvalue weighted by molar-refractivity contribution is -0.160. The van der Waals surface area contributed by atoms with Crippen molar-refractivity contribution in [2.75, 3.05) is 13.1 Å². The van der Waals surface area contributed by atoms with Gasteiger partial charge in [0.15, 0.2) is 0 Å². The Balaban J connectivity index is 1.46. The van der Waals surface area contributed by atoms with Crippen LogP contribution in [0.5, 0.6) is 0 Å². The number of alkyl halides is 4. The Hall–Kier alpha value is -3.47. The van der Waals surface area contributed by atoms with Gasteiger partial charge in [0, 0.05) is 29.7 Å². The average molecular weight is 466 g/mol. The largest absolute Gasteiger partial charge is 0.480 e. The molecule has 0 saturated carbocycles. The minimum absolute atomic E-state index is 0.0316. The molecule has 2 atom stereocenters. The zero-order valence-corrected chi connectivity index (χ0v) is 16.9. The average Bonchev–Trinajstić information content (AvgIpc) is 3.29. The number of aliphatic carboxylic acids is 1. The maximum Gasteiger partial charge on any atom is 0.345 e. The SMILES string of the molecule is O=C(NCC(=O)N1C[C@H](OC(F)F)C[C@H]1C(=O)O)c1ccc2c(c1)-c1ccccc1C2(F)F. The van der Waals surface area contributed by atoms with Crippen LogP contribution in [-0.2, 0) is 20.2 Å². The number of nitrogens with zero attached hydrogens (tertiary/aromatic N) is 1. The molecule has 11 heteroatoms. The number of ether oxygens (including phenoxy) is 1. The highest BCUT2D eigenvalue weighted by Crippen LogP contribution is 2.50. The summed E-state index contributed by atoms with van der Waals surface area (Å²) in [5, 5.41) is 11.6. The Labute approximate surface area is 184 Å². The van der Waals surface area contributed by atoms with Crippen LogP contribution in [-0.4, -0.2) is 59.6 Å². The van der Waals surface area contributed by atoms with Crippen molar-refractivity contribution in [3.63, 3.8) is 0 Å². The predicted octanol–water partition coefficient (Wildman–Crippen LogP) is 2.83. The molecule has 0 radical (unpaired) electrons. The second-order valence-corrected chi connectivity index (χ2v) is 7.72. The van der Waals surface area contributed by atoms with Gasteiger partial charge in [-0.25, -0.2) is 4.79 Å². The molecule has 1 aliphatic heterocycles. The second kappa shape index (κ2) is 8.47. The van der Waals surface area contributed by atoms with Crippen LogP contribution in [0.3, 0.4) is 0 Å². The van der Waals surface area contributed by atoms with E-state index in [4.69, 9.17) is 0 Å². The predicted molar refractivity (Wildman–Crippen MR) is 106 cm³/mol. The number of amides is 2. The number of benzene rings is 2. The maximum atomic E-state index is 14.6. The minimum atomic E-state index is -3.20. The van der Waals surface area contributed by atoms with Gasteiger partial charge in [-0.15, -0.1) is 0 Å². The second-order valence-electron chi connectivity index (χ2n) is 7.72. The van der Waals surface area contributed by atoms with Crippen LogP contribution in [0.15, 0.2) is 42.5 Å². The highest BCUT2D eigenvalue weighted by molar-refractivity contribution is 5.99. The normalized spacial score (nSPS) is 20.5. The van der Waals surface area contributed by atoms with Gasteiger partial charge in [-0.3, -0.25) is 9.59 Å². The van der Waals surface area contributed by atoms with E-state index in [-0.39, 0.29) is 35.2 Å². The first-order chi connectivity index (χ1) is 15.6. The van der Waals surface area contributed by atoms with E-state index in [1.54, 1.807) is 6.07 Å². The summed E-state index contributed by atoms with van der Waals surface area (Å²) in [4.78, 5) is 37.3. The highest BCUT2D eigenvalue weighted by atomic mass is 19.3. The van der Waals surface area contributed by atoms with Gasteiger partial charge in [-0.2, -0.15) is 17.6 Å². The molecule has 7 nitrogen and oxygen atoms in total. The third-order valence-electron chi connectivity index (χ3n) is 5.74. The van der Waals surface area contributed by atoms with Gasteiger partial charge < -0.3 is 20.1 Å². The number of nitrogens with one attached hydrogen (secondary N) is 1. The molecule has 0 aromatic heterocycles. The first kappa shape index (κ1) is 22.7. The van der Waals surface area contributed by atoms with E-state index in [0.29, 0.717) is 5.56 Å². The van der Waals surface area contributed by atoms with Crippen molar-refractivity contribution < 1.29 is 41.8 Å². The number of fused-ring (bicyclic) bond motifs is 3. The Morgan fingerprint density at radius 2 is 1.82 bits per heavy atom. The monoisotopic (exact) mass is 466 g/mol. The van der Waals surface area contributed by atoms with Crippen LogP contribution in [0.4, 0.5) is 17.6 Å². The molecular weight excluding hydrogens is 448 g/mol. The number of hydrogen-bond donors (Lipinski definition) is 2. The van der Waals surface area contributed by atoms with Crippen LogP contribution in [0.25, 0.3) is 11.1 Å². The Bertz CT molecular complexity index is 1120. The number of carboxylic acids is 1. The van der Waals surface area contributed by atoms with Gasteiger partial charge in [0.2, 0.25) is 5.91 Å². The summed E-state index contributed by atoms with van der Waals surface area (Å²) in [6.45, 7) is -4.08. The number of halogens is 4. The molecule has 2 aromatic rings. The molecule has 1 fully saturated rings. The van der Waals surface area contributed by atoms with Crippen molar-refractivity contribution in [1.29, 1.82) is 0 Å². The number of likely N-dealkylation sites (tertiary alicyclic amines) is 1. The van der Waals surface area contributed by atoms with Gasteiger partial charge in [0.1, 0.15) is 6.04 Å². The zero-order chi connectivity index (χ0) is 23.9. The Morgan fingerprint density at radius 3 is 2.52 bits per heavy atom. The van der Waals surface area contributed by atoms with Crippen LogP contribution in [0, 0.1) is 0 Å². The molecule has 0 bridgehead atoms. The quantitative estimate of drug-likeness (QED) is 0.639. The van der Waals surface area contributed by atoms with Gasteiger partial charge in [0.05, 0.1) is 12.6 Å². The van der Waals surface area contributed by atoms with E-state index in [9.17, 15) is 37.1 Å². The topological polar surface area (TPSA) is 95.9 Å². The molecule has 4 rings (SSSR count). The molecule has 0 spiro atoms. The fraction of sp³-hybridized carbons (Fsp3) is 0.318. The lowest BCUT2D eigenvalue weighted by Crippen LogP contribution is -2.45. The van der Waals surface area contributed by atoms with E-state index in [2.05, 4.69) is 10.1 Å². The van der Waals surface area contributed by atoms with Crippen molar-refractivity contribution >= 4 is 17.8 Å². The van der Waals surface area contributed by atoms with E-state index in [0.717, 1.165) is 11.0 Å². The molecule has 174 valence electrons. The van der Waals surface area contributed by atoms with E-state index in [1.807, 2.05) is 0 Å². The molecule has 1 aliphatic carbocycles. The summed E-state index contributed by atoms with van der Waals surface area (Å²) in [6, 6.07) is 8.24. The first-order valence-electron chi connectivity index (χ1n) is 9.96. The van der Waals surface area contributed by atoms with Gasteiger partial charge in [0.25, 0.3) is 11.8 Å². The molecule has 0 unspecified atom stereocenters. The fourth-order valence-electron chi connectivity index (χ4n) is 4.23. The van der Waals surface area contributed by atoms with E-state index < -0.39 is 49.0 Å². The van der Waals surface area contributed by atoms with Crippen molar-refractivity contribution in [2.24, 2.45) is 0 Å². The molecule has 2 N–H and O–H groups in total. The minimum Gasteiger partial charge on any atom is -0.480 e. The summed E-state index contributed by atoms with van der Waals surface area (Å²) in [5.41, 5.74) is 0.135. The van der Waals surface area contributed by atoms with Crippen LogP contribution < -0.4 is 5.32 Å². The van der Waals surface area contributed by atoms with Crippen LogP contribution in [0.1, 0.15) is 27.9 Å². The Morgan fingerprint density at radius 1 is 1.12 bits per heavy atom. The molecule has 2 aliphatic rings. The molecule has 2 aromatic carbocycles. The number of hydrogen-bond acceptors (Lipinski definition) is 4. The summed E-state index contributed by atoms with van der Waals surface area (Å²) < 4.78 is 58.5. The Kier molecular flexibility index (Phi) is 5.83. The number of carbonyl (C=O) groups excluding carboxylic acids is 2. The van der Waals surface area contributed by atoms with Crippen molar-refractivity contribution in [3.05, 3.63) is 59.2 Å². The van der Waals surface area contributed by atoms with Crippen molar-refractivity contribution in [1.82, 2.24) is 10.2 Å². The maximum absolute atomic E-state index is 14.6. The summed E-state index contributed by atoms with van der Waals surface area (Å²) >= 11 is 0. The van der Waals surface area contributed by atoms with Crippen LogP contribution >= 0.6 is 0 Å². The van der Waals surface area contributed by atoms with Gasteiger partial charge >= 0.3 is 12.6 Å². The lowest BCUT2D eigenvalue weighted by Gasteiger charge is -2.21. The molecular formula is C22H18F4N2O5. The number of rotatable bonds is 6. The van der Waals surface area contributed by atoms with Crippen LogP contribution in [0.2, 0.25) is 0 Å². The van der Waals surface area contributed by atoms with Gasteiger partial charge in [-0.05, 0) is 23.3 Å². The molecule has 1 heterocycles. The molecule has 1 saturated heterocycles. The van der Waals surface area contributed by atoms with Crippen molar-refractivity contribution in [3.8, 4) is 11.1 Å². The molecule has 2 amide bonds. The van der Waals surface area contributed by atoms with E-state index in [1.165, 1.54) is 30.3 Å². The fourth-order valence-corrected chi connectivity index (χ4v) is 4.23. The van der Waals surface area contributed by atoms with Crippen molar-refractivity contribution in [2.45, 2.75) is 31.1 Å². The number of carbonyl (C=O) groups is 3. The van der Waals surface area contributed by atoms with Gasteiger partial charge in [-0.1, -0.05) is 30.3 Å². The third kappa shape index (κ3) is 4.15.